The molecule has 0 fully saturated rings. The lowest BCUT2D eigenvalue weighted by Crippen LogP contribution is -2.33. The van der Waals surface area contributed by atoms with E-state index in [2.05, 4.69) is 24.4 Å². The van der Waals surface area contributed by atoms with Crippen molar-refractivity contribution < 1.29 is 9.47 Å². The molecule has 0 spiro atoms. The predicted octanol–water partition coefficient (Wildman–Crippen LogP) is 3.41. The minimum absolute atomic E-state index is 0.633. The number of hydrogen-bond donors (Lipinski definition) is 1. The molecule has 0 amide bonds. The van der Waals surface area contributed by atoms with Crippen LogP contribution in [0.3, 0.4) is 0 Å². The third kappa shape index (κ3) is 3.51. The minimum Gasteiger partial charge on any atom is -0.497 e. The molecule has 1 unspecified atom stereocenters. The summed E-state index contributed by atoms with van der Waals surface area (Å²) in [4.78, 5) is 0. The van der Waals surface area contributed by atoms with Crippen molar-refractivity contribution in [1.29, 1.82) is 0 Å². The molecule has 1 aromatic rings. The van der Waals surface area contributed by atoms with Gasteiger partial charge in [0.2, 0.25) is 0 Å². The molecule has 104 valence electrons. The average Bonchev–Trinajstić information content (AvgIpc) is 2.88. The molecule has 1 atom stereocenters. The molecule has 1 aromatic carbocycles. The molecule has 4 nitrogen and oxygen atoms in total. The fourth-order valence-corrected chi connectivity index (χ4v) is 4.47. The Morgan fingerprint density at radius 2 is 2.11 bits per heavy atom. The van der Waals surface area contributed by atoms with Crippen LogP contribution in [0.2, 0.25) is 0 Å². The van der Waals surface area contributed by atoms with E-state index < -0.39 is 5.06 Å². The molecule has 0 aliphatic carbocycles. The van der Waals surface area contributed by atoms with Gasteiger partial charge in [0.25, 0.3) is 5.06 Å². The summed E-state index contributed by atoms with van der Waals surface area (Å²) < 4.78 is 10.9. The maximum absolute atomic E-state index is 5.68. The van der Waals surface area contributed by atoms with Gasteiger partial charge in [-0.25, -0.2) is 0 Å². The Kier molecular flexibility index (Phi) is 4.87. The van der Waals surface area contributed by atoms with Crippen molar-refractivity contribution in [1.82, 2.24) is 5.43 Å². The summed E-state index contributed by atoms with van der Waals surface area (Å²) in [6.07, 6.45) is 1.45. The molecule has 1 aliphatic rings. The Labute approximate surface area is 121 Å². The van der Waals surface area contributed by atoms with Gasteiger partial charge in [0.1, 0.15) is 5.75 Å². The number of nitrogens with zero attached hydrogens (tertiary/aromatic N) is 1. The van der Waals surface area contributed by atoms with Gasteiger partial charge in [-0.2, -0.15) is 0 Å². The fraction of sp³-hybridized carbons (Fsp3) is 0.462. The molecule has 0 aromatic heterocycles. The number of hydrogen-bond acceptors (Lipinski definition) is 6. The van der Waals surface area contributed by atoms with Crippen LogP contribution in [0.5, 0.6) is 5.75 Å². The maximum atomic E-state index is 5.68. The van der Waals surface area contributed by atoms with Gasteiger partial charge in [-0.15, -0.1) is 5.10 Å². The number of methoxy groups -OCH3 is 1. The van der Waals surface area contributed by atoms with E-state index in [9.17, 15) is 0 Å². The number of hydrazone groups is 1. The van der Waals surface area contributed by atoms with E-state index >= 15 is 0 Å². The molecule has 1 heterocycles. The Hall–Kier alpha value is -1.01. The van der Waals surface area contributed by atoms with Crippen LogP contribution in [0.15, 0.2) is 29.4 Å². The highest BCUT2D eigenvalue weighted by Crippen LogP contribution is 2.44. The van der Waals surface area contributed by atoms with Crippen molar-refractivity contribution in [2.24, 2.45) is 11.0 Å². The van der Waals surface area contributed by atoms with E-state index in [0.29, 0.717) is 5.92 Å². The van der Waals surface area contributed by atoms with Crippen molar-refractivity contribution >= 4 is 28.0 Å². The van der Waals surface area contributed by atoms with Crippen LogP contribution in [-0.4, -0.2) is 19.3 Å². The van der Waals surface area contributed by atoms with E-state index in [1.54, 1.807) is 28.7 Å². The lowest BCUT2D eigenvalue weighted by Gasteiger charge is -2.26. The van der Waals surface area contributed by atoms with Gasteiger partial charge in [0.05, 0.1) is 7.11 Å². The number of nitrogens with one attached hydrogen (secondary N) is 1. The van der Waals surface area contributed by atoms with E-state index in [1.807, 2.05) is 24.3 Å². The highest BCUT2D eigenvalue weighted by molar-refractivity contribution is 8.77. The highest BCUT2D eigenvalue weighted by Gasteiger charge is 2.38. The summed E-state index contributed by atoms with van der Waals surface area (Å²) in [5, 5.41) is 3.36. The maximum Gasteiger partial charge on any atom is 0.281 e. The van der Waals surface area contributed by atoms with Crippen LogP contribution >= 0.6 is 21.6 Å². The molecule has 1 aliphatic heterocycles. The molecule has 0 bridgehead atoms. The standard InChI is InChI=1S/C13H18N2O2S2/c1-10(2)8-18-19-13(15-14-9-17-13)11-4-6-12(16-3)7-5-11/h4-7,9-10,15H,8H2,1-3H3. The zero-order valence-corrected chi connectivity index (χ0v) is 12.9. The number of rotatable bonds is 6. The molecule has 6 heteroatoms. The highest BCUT2D eigenvalue weighted by atomic mass is 33.1. The topological polar surface area (TPSA) is 42.8 Å². The molecular weight excluding hydrogens is 280 g/mol. The second-order valence-corrected chi connectivity index (χ2v) is 7.09. The normalized spacial score (nSPS) is 21.3. The van der Waals surface area contributed by atoms with Gasteiger partial charge in [-0.1, -0.05) is 24.6 Å². The number of ether oxygens (including phenoxy) is 2. The van der Waals surface area contributed by atoms with E-state index in [1.165, 1.54) is 6.40 Å². The molecule has 0 saturated carbocycles. The Balaban J connectivity index is 2.09. The van der Waals surface area contributed by atoms with Crippen LogP contribution in [0.25, 0.3) is 0 Å². The first-order valence-corrected chi connectivity index (χ1v) is 8.40. The Morgan fingerprint density at radius 3 is 2.63 bits per heavy atom. The lowest BCUT2D eigenvalue weighted by molar-refractivity contribution is 0.159. The third-order valence-electron chi connectivity index (χ3n) is 2.53. The fourth-order valence-electron chi connectivity index (χ4n) is 1.52. The molecular formula is C13H18N2O2S2. The molecule has 0 radical (unpaired) electrons. The molecule has 19 heavy (non-hydrogen) atoms. The van der Waals surface area contributed by atoms with Gasteiger partial charge in [-0.05, 0) is 41.0 Å². The van der Waals surface area contributed by atoms with Gasteiger partial charge >= 0.3 is 0 Å². The summed E-state index contributed by atoms with van der Waals surface area (Å²) in [6.45, 7) is 4.40. The Bertz CT molecular complexity index is 427. The van der Waals surface area contributed by atoms with Gasteiger partial charge in [-0.3, -0.25) is 5.43 Å². The van der Waals surface area contributed by atoms with Crippen molar-refractivity contribution in [2.75, 3.05) is 12.9 Å². The molecule has 2 rings (SSSR count). The summed E-state index contributed by atoms with van der Waals surface area (Å²) in [6, 6.07) is 7.83. The lowest BCUT2D eigenvalue weighted by atomic mass is 10.2. The molecule has 1 N–H and O–H groups in total. The van der Waals surface area contributed by atoms with Crippen LogP contribution in [-0.2, 0) is 9.79 Å². The van der Waals surface area contributed by atoms with E-state index in [4.69, 9.17) is 9.47 Å². The quantitative estimate of drug-likeness (QED) is 0.815. The summed E-state index contributed by atoms with van der Waals surface area (Å²) >= 11 is 0. The molecule has 0 saturated heterocycles. The van der Waals surface area contributed by atoms with Crippen LogP contribution in [0.4, 0.5) is 0 Å². The zero-order chi connectivity index (χ0) is 13.7. The van der Waals surface area contributed by atoms with Gasteiger partial charge < -0.3 is 9.47 Å². The summed E-state index contributed by atoms with van der Waals surface area (Å²) in [7, 11) is 5.08. The second kappa shape index (κ2) is 6.43. The first-order chi connectivity index (χ1) is 9.16. The smallest absolute Gasteiger partial charge is 0.281 e. The van der Waals surface area contributed by atoms with Crippen molar-refractivity contribution in [3.8, 4) is 5.75 Å². The van der Waals surface area contributed by atoms with Crippen LogP contribution < -0.4 is 10.2 Å². The second-order valence-electron chi connectivity index (χ2n) is 4.57. The van der Waals surface area contributed by atoms with Crippen molar-refractivity contribution in [3.05, 3.63) is 29.8 Å². The summed E-state index contributed by atoms with van der Waals surface area (Å²) in [5.74, 6) is 2.54. The van der Waals surface area contributed by atoms with Gasteiger partial charge in [0, 0.05) is 11.3 Å². The monoisotopic (exact) mass is 298 g/mol. The van der Waals surface area contributed by atoms with Crippen molar-refractivity contribution in [3.63, 3.8) is 0 Å². The van der Waals surface area contributed by atoms with E-state index in [-0.39, 0.29) is 0 Å². The predicted molar refractivity (Wildman–Crippen MR) is 82.3 cm³/mol. The SMILES string of the molecule is COc1ccc(C2(SSCC(C)C)NN=CO2)cc1. The first-order valence-electron chi connectivity index (χ1n) is 6.08. The van der Waals surface area contributed by atoms with Crippen LogP contribution in [0, 0.1) is 5.92 Å². The van der Waals surface area contributed by atoms with Gasteiger partial charge in [0.15, 0.2) is 6.40 Å². The average molecular weight is 298 g/mol. The zero-order valence-electron chi connectivity index (χ0n) is 11.3. The largest absolute Gasteiger partial charge is 0.497 e. The summed E-state index contributed by atoms with van der Waals surface area (Å²) in [5.41, 5.74) is 4.07. The van der Waals surface area contributed by atoms with E-state index in [0.717, 1.165) is 17.1 Å². The van der Waals surface area contributed by atoms with Crippen molar-refractivity contribution in [2.45, 2.75) is 18.9 Å². The third-order valence-corrected chi connectivity index (χ3v) is 5.58. The Morgan fingerprint density at radius 1 is 1.37 bits per heavy atom. The minimum atomic E-state index is -0.633. The number of benzene rings is 1. The van der Waals surface area contributed by atoms with Crippen LogP contribution in [0.1, 0.15) is 19.4 Å². The first kappa shape index (κ1) is 14.4.